The van der Waals surface area contributed by atoms with Crippen LogP contribution >= 0.6 is 27.5 Å². The third-order valence-electron chi connectivity index (χ3n) is 1.41. The highest BCUT2D eigenvalue weighted by atomic mass is 79.9. The predicted molar refractivity (Wildman–Crippen MR) is 50.4 cm³/mol. The topological polar surface area (TPSA) is 0 Å². The van der Waals surface area contributed by atoms with Crippen LogP contribution in [0, 0.1) is 5.41 Å². The average Bonchev–Trinajstić information content (AvgIpc) is 1.60. The fraction of sp³-hybridized carbons (Fsp3) is 0.625. The maximum absolute atomic E-state index is 5.58. The molecule has 0 aliphatic heterocycles. The van der Waals surface area contributed by atoms with Gasteiger partial charge in [0.2, 0.25) is 0 Å². The summed E-state index contributed by atoms with van der Waals surface area (Å²) in [7, 11) is 0. The van der Waals surface area contributed by atoms with Gasteiger partial charge in [-0.2, -0.15) is 0 Å². The van der Waals surface area contributed by atoms with Crippen molar-refractivity contribution in [2.45, 2.75) is 27.7 Å². The highest BCUT2D eigenvalue weighted by Gasteiger charge is 2.11. The Morgan fingerprint density at radius 2 is 1.80 bits per heavy atom. The summed E-state index contributed by atoms with van der Waals surface area (Å²) in [5.74, 6) is 0. The first-order chi connectivity index (χ1) is 4.34. The standard InChI is InChI=1S/C8H12BrCl/c1-6(5-7(9)10)8(2,3)4/h1-4H3. The van der Waals surface area contributed by atoms with Crippen LogP contribution in [0.1, 0.15) is 27.7 Å². The summed E-state index contributed by atoms with van der Waals surface area (Å²) in [5.41, 5.74) is 4.31. The fourth-order valence-corrected chi connectivity index (χ4v) is 0.768. The van der Waals surface area contributed by atoms with E-state index >= 15 is 0 Å². The van der Waals surface area contributed by atoms with Gasteiger partial charge in [0.15, 0.2) is 0 Å². The second kappa shape index (κ2) is 3.61. The van der Waals surface area contributed by atoms with Crippen molar-refractivity contribution in [3.05, 3.63) is 15.2 Å². The van der Waals surface area contributed by atoms with Gasteiger partial charge in [0, 0.05) is 0 Å². The highest BCUT2D eigenvalue weighted by Crippen LogP contribution is 2.24. The molecule has 0 aromatic rings. The van der Waals surface area contributed by atoms with Crippen molar-refractivity contribution in [3.8, 4) is 0 Å². The van der Waals surface area contributed by atoms with E-state index in [0.717, 1.165) is 5.57 Å². The van der Waals surface area contributed by atoms with Gasteiger partial charge >= 0.3 is 0 Å². The summed E-state index contributed by atoms with van der Waals surface area (Å²) in [5, 5.41) is 0. The monoisotopic (exact) mass is 222 g/mol. The zero-order chi connectivity index (χ0) is 8.36. The Labute approximate surface area is 76.1 Å². The van der Waals surface area contributed by atoms with E-state index in [-0.39, 0.29) is 5.41 Å². The molecular weight excluding hydrogens is 211 g/mol. The molecule has 58 valence electrons. The number of halogens is 2. The van der Waals surface area contributed by atoms with Crippen molar-refractivity contribution in [1.29, 1.82) is 0 Å². The molecule has 0 bridgehead atoms. The first-order valence-electron chi connectivity index (χ1n) is 3.13. The van der Waals surface area contributed by atoms with Gasteiger partial charge in [-0.3, -0.25) is 0 Å². The summed E-state index contributed by atoms with van der Waals surface area (Å²) in [6.07, 6.45) is 0. The van der Waals surface area contributed by atoms with Crippen molar-refractivity contribution in [3.63, 3.8) is 0 Å². The van der Waals surface area contributed by atoms with Crippen molar-refractivity contribution in [1.82, 2.24) is 0 Å². The Balaban J connectivity index is 4.69. The largest absolute Gasteiger partial charge is 0.125 e. The van der Waals surface area contributed by atoms with Crippen LogP contribution < -0.4 is 0 Å². The Bertz CT molecular complexity index is 176. The smallest absolute Gasteiger partial charge is 0.0938 e. The van der Waals surface area contributed by atoms with E-state index in [2.05, 4.69) is 42.4 Å². The van der Waals surface area contributed by atoms with Crippen LogP contribution in [0.4, 0.5) is 0 Å². The molecule has 2 heteroatoms. The molecule has 0 N–H and O–H groups in total. The SMILES string of the molecule is CC(=C=C(Cl)Br)C(C)(C)C. The Kier molecular flexibility index (Phi) is 3.72. The van der Waals surface area contributed by atoms with Gasteiger partial charge in [0.1, 0.15) is 3.94 Å². The molecule has 0 aromatic carbocycles. The van der Waals surface area contributed by atoms with Crippen LogP contribution in [0.5, 0.6) is 0 Å². The molecule has 0 amide bonds. The molecule has 0 unspecified atom stereocenters. The molecule has 0 fully saturated rings. The quantitative estimate of drug-likeness (QED) is 0.544. The van der Waals surface area contributed by atoms with Crippen molar-refractivity contribution < 1.29 is 0 Å². The van der Waals surface area contributed by atoms with Gasteiger partial charge in [-0.25, -0.2) is 0 Å². The molecular formula is C8H12BrCl. The van der Waals surface area contributed by atoms with Crippen LogP contribution in [0.3, 0.4) is 0 Å². The molecule has 0 radical (unpaired) electrons. The van der Waals surface area contributed by atoms with Crippen molar-refractivity contribution in [2.24, 2.45) is 5.41 Å². The van der Waals surface area contributed by atoms with E-state index in [9.17, 15) is 0 Å². The third-order valence-corrected chi connectivity index (χ3v) is 1.70. The highest BCUT2D eigenvalue weighted by molar-refractivity contribution is 9.12. The summed E-state index contributed by atoms with van der Waals surface area (Å²) in [6.45, 7) is 8.40. The van der Waals surface area contributed by atoms with Crippen LogP contribution in [-0.2, 0) is 0 Å². The molecule has 0 aliphatic carbocycles. The Morgan fingerprint density at radius 1 is 1.40 bits per heavy atom. The van der Waals surface area contributed by atoms with Crippen molar-refractivity contribution >= 4 is 27.5 Å². The first-order valence-corrected chi connectivity index (χ1v) is 4.30. The molecule has 0 rings (SSSR count). The number of rotatable bonds is 0. The molecule has 0 aliphatic rings. The molecule has 0 saturated heterocycles. The van der Waals surface area contributed by atoms with Crippen LogP contribution in [0.2, 0.25) is 0 Å². The summed E-state index contributed by atoms with van der Waals surface area (Å²) >= 11 is 8.70. The normalized spacial score (nSPS) is 10.6. The van der Waals surface area contributed by atoms with Crippen LogP contribution in [0.15, 0.2) is 15.2 Å². The summed E-state index contributed by atoms with van der Waals surface area (Å²) in [4.78, 5) is 0. The molecule has 0 aromatic heterocycles. The van der Waals surface area contributed by atoms with Crippen LogP contribution in [0.25, 0.3) is 0 Å². The molecule has 0 atom stereocenters. The molecule has 0 spiro atoms. The molecule has 0 saturated carbocycles. The van der Waals surface area contributed by atoms with Gasteiger partial charge in [-0.1, -0.05) is 38.1 Å². The predicted octanol–water partition coefficient (Wildman–Crippen LogP) is 4.05. The Morgan fingerprint density at radius 3 is 1.90 bits per heavy atom. The minimum absolute atomic E-state index is 0.161. The molecule has 0 heterocycles. The van der Waals surface area contributed by atoms with Crippen LogP contribution in [-0.4, -0.2) is 0 Å². The lowest BCUT2D eigenvalue weighted by molar-refractivity contribution is 0.505. The number of hydrogen-bond donors (Lipinski definition) is 0. The van der Waals surface area contributed by atoms with E-state index in [1.165, 1.54) is 0 Å². The maximum atomic E-state index is 5.58. The maximum Gasteiger partial charge on any atom is 0.125 e. The number of hydrogen-bond acceptors (Lipinski definition) is 0. The van der Waals surface area contributed by atoms with Crippen molar-refractivity contribution in [2.75, 3.05) is 0 Å². The minimum Gasteiger partial charge on any atom is -0.0938 e. The van der Waals surface area contributed by atoms with E-state index in [1.807, 2.05) is 6.92 Å². The average molecular weight is 224 g/mol. The van der Waals surface area contributed by atoms with E-state index in [0.29, 0.717) is 3.94 Å². The third kappa shape index (κ3) is 4.16. The lowest BCUT2D eigenvalue weighted by Gasteiger charge is -2.16. The zero-order valence-corrected chi connectivity index (χ0v) is 9.10. The first kappa shape index (κ1) is 10.3. The van der Waals surface area contributed by atoms with E-state index in [1.54, 1.807) is 0 Å². The fourth-order valence-electron chi connectivity index (χ4n) is 0.329. The second-order valence-corrected chi connectivity index (χ2v) is 4.89. The summed E-state index contributed by atoms with van der Waals surface area (Å²) in [6, 6.07) is 0. The minimum atomic E-state index is 0.161. The van der Waals surface area contributed by atoms with Gasteiger partial charge < -0.3 is 0 Å². The van der Waals surface area contributed by atoms with Gasteiger partial charge in [-0.05, 0) is 33.8 Å². The molecule has 10 heavy (non-hydrogen) atoms. The van der Waals surface area contributed by atoms with E-state index in [4.69, 9.17) is 11.6 Å². The zero-order valence-electron chi connectivity index (χ0n) is 6.76. The number of allylic oxidation sites excluding steroid dienone is 1. The lowest BCUT2D eigenvalue weighted by atomic mass is 9.88. The van der Waals surface area contributed by atoms with E-state index < -0.39 is 0 Å². The van der Waals surface area contributed by atoms with Gasteiger partial charge in [0.05, 0.1) is 0 Å². The van der Waals surface area contributed by atoms with Gasteiger partial charge in [0.25, 0.3) is 0 Å². The van der Waals surface area contributed by atoms with Gasteiger partial charge in [-0.15, -0.1) is 0 Å². The lowest BCUT2D eigenvalue weighted by Crippen LogP contribution is -2.05. The Hall–Kier alpha value is 0.290. The molecule has 0 nitrogen and oxygen atoms in total. The summed E-state index contributed by atoms with van der Waals surface area (Å²) < 4.78 is 0.542. The second-order valence-electron chi connectivity index (χ2n) is 3.26.